The predicted octanol–water partition coefficient (Wildman–Crippen LogP) is 3.84. The normalized spacial score (nSPS) is 42.8. The van der Waals surface area contributed by atoms with E-state index in [0.717, 1.165) is 31.2 Å². The Morgan fingerprint density at radius 1 is 1.26 bits per heavy atom. The maximum atomic E-state index is 12.6. The van der Waals surface area contributed by atoms with Gasteiger partial charge in [0.2, 0.25) is 0 Å². The molecule has 1 aliphatic heterocycles. The Balaban J connectivity index is 1.74. The molecule has 0 N–H and O–H groups in total. The summed E-state index contributed by atoms with van der Waals surface area (Å²) in [6.45, 7) is 4.26. The third-order valence-corrected chi connectivity index (χ3v) is 6.60. The average molecular weight is 314 g/mol. The van der Waals surface area contributed by atoms with Crippen LogP contribution < -0.4 is 0 Å². The van der Waals surface area contributed by atoms with E-state index in [1.807, 2.05) is 12.1 Å². The molecule has 0 amide bonds. The number of rotatable bonds is 1. The number of esters is 1. The molecule has 0 aromatic carbocycles. The van der Waals surface area contributed by atoms with Crippen LogP contribution in [0.3, 0.4) is 0 Å². The number of fused-ring (bicyclic) bond motifs is 3. The fourth-order valence-electron chi connectivity index (χ4n) is 5.22. The summed E-state index contributed by atoms with van der Waals surface area (Å²) < 4.78 is 10.9. The SMILES string of the molecule is C[C@@]12C[C@@H](c3ccoc3)OC(=O)[C@@H]1CC[C@@]1(C)C(=O)C=CC[C@@H]21. The highest BCUT2D eigenvalue weighted by atomic mass is 16.5. The van der Waals surface area contributed by atoms with Crippen molar-refractivity contribution in [1.82, 2.24) is 0 Å². The van der Waals surface area contributed by atoms with Gasteiger partial charge < -0.3 is 9.15 Å². The number of hydrogen-bond donors (Lipinski definition) is 0. The number of carbonyl (C=O) groups excluding carboxylic acids is 2. The van der Waals surface area contributed by atoms with E-state index in [1.54, 1.807) is 18.6 Å². The molecule has 4 heteroatoms. The molecule has 0 bridgehead atoms. The molecule has 2 fully saturated rings. The van der Waals surface area contributed by atoms with E-state index in [9.17, 15) is 9.59 Å². The highest BCUT2D eigenvalue weighted by molar-refractivity contribution is 5.96. The van der Waals surface area contributed by atoms with Gasteiger partial charge in [0.05, 0.1) is 18.4 Å². The van der Waals surface area contributed by atoms with Gasteiger partial charge in [-0.3, -0.25) is 9.59 Å². The van der Waals surface area contributed by atoms with Crippen LogP contribution in [0.15, 0.2) is 35.2 Å². The van der Waals surface area contributed by atoms with Crippen molar-refractivity contribution in [2.45, 2.75) is 45.6 Å². The van der Waals surface area contributed by atoms with Crippen molar-refractivity contribution >= 4 is 11.8 Å². The quantitative estimate of drug-likeness (QED) is 0.739. The van der Waals surface area contributed by atoms with E-state index in [4.69, 9.17) is 9.15 Å². The second kappa shape index (κ2) is 4.83. The fourth-order valence-corrected chi connectivity index (χ4v) is 5.22. The summed E-state index contributed by atoms with van der Waals surface area (Å²) in [7, 11) is 0. The lowest BCUT2D eigenvalue weighted by Gasteiger charge is -2.57. The lowest BCUT2D eigenvalue weighted by Crippen LogP contribution is -2.57. The summed E-state index contributed by atoms with van der Waals surface area (Å²) in [5, 5.41) is 0. The zero-order valence-electron chi connectivity index (χ0n) is 13.6. The molecule has 1 aromatic rings. The van der Waals surface area contributed by atoms with Crippen molar-refractivity contribution in [3.05, 3.63) is 36.3 Å². The van der Waals surface area contributed by atoms with Gasteiger partial charge in [-0.1, -0.05) is 19.9 Å². The topological polar surface area (TPSA) is 56.5 Å². The van der Waals surface area contributed by atoms with E-state index in [-0.39, 0.29) is 40.5 Å². The van der Waals surface area contributed by atoms with Gasteiger partial charge in [-0.15, -0.1) is 0 Å². The number of carbonyl (C=O) groups is 2. The van der Waals surface area contributed by atoms with Gasteiger partial charge >= 0.3 is 5.97 Å². The molecule has 2 aliphatic carbocycles. The fraction of sp³-hybridized carbons (Fsp3) is 0.579. The van der Waals surface area contributed by atoms with E-state index in [1.165, 1.54) is 0 Å². The summed E-state index contributed by atoms with van der Waals surface area (Å²) in [6.07, 6.45) is 9.82. The average Bonchev–Trinajstić information content (AvgIpc) is 3.03. The Bertz CT molecular complexity index is 674. The lowest BCUT2D eigenvalue weighted by molar-refractivity contribution is -0.192. The Hall–Kier alpha value is -1.84. The largest absolute Gasteiger partial charge is 0.472 e. The van der Waals surface area contributed by atoms with Gasteiger partial charge in [0.25, 0.3) is 0 Å². The molecule has 0 spiro atoms. The zero-order valence-corrected chi connectivity index (χ0v) is 13.6. The van der Waals surface area contributed by atoms with E-state index in [0.29, 0.717) is 0 Å². The number of hydrogen-bond acceptors (Lipinski definition) is 4. The minimum absolute atomic E-state index is 0.108. The van der Waals surface area contributed by atoms with Crippen LogP contribution in [0.25, 0.3) is 0 Å². The number of ether oxygens (including phenoxy) is 1. The van der Waals surface area contributed by atoms with Crippen LogP contribution in [0.1, 0.15) is 51.2 Å². The van der Waals surface area contributed by atoms with Crippen molar-refractivity contribution in [2.24, 2.45) is 22.7 Å². The van der Waals surface area contributed by atoms with Crippen LogP contribution in [0, 0.1) is 22.7 Å². The number of ketones is 1. The molecular formula is C19H22O4. The van der Waals surface area contributed by atoms with Crippen LogP contribution in [-0.2, 0) is 14.3 Å². The van der Waals surface area contributed by atoms with Gasteiger partial charge in [-0.05, 0) is 49.2 Å². The summed E-state index contributed by atoms with van der Waals surface area (Å²) in [5.74, 6) is 0.178. The van der Waals surface area contributed by atoms with E-state index >= 15 is 0 Å². The van der Waals surface area contributed by atoms with Crippen molar-refractivity contribution < 1.29 is 18.7 Å². The smallest absolute Gasteiger partial charge is 0.310 e. The van der Waals surface area contributed by atoms with E-state index in [2.05, 4.69) is 13.8 Å². The first-order valence-electron chi connectivity index (χ1n) is 8.39. The number of furan rings is 1. The maximum Gasteiger partial charge on any atom is 0.310 e. The summed E-state index contributed by atoms with van der Waals surface area (Å²) in [5.41, 5.74) is 0.339. The Morgan fingerprint density at radius 3 is 2.83 bits per heavy atom. The molecule has 23 heavy (non-hydrogen) atoms. The first-order valence-corrected chi connectivity index (χ1v) is 8.39. The van der Waals surface area contributed by atoms with Crippen LogP contribution >= 0.6 is 0 Å². The summed E-state index contributed by atoms with van der Waals surface area (Å²) in [6, 6.07) is 1.86. The lowest BCUT2D eigenvalue weighted by atomic mass is 9.47. The van der Waals surface area contributed by atoms with Crippen LogP contribution in [0.5, 0.6) is 0 Å². The summed E-state index contributed by atoms with van der Waals surface area (Å²) >= 11 is 0. The minimum atomic E-state index is -0.349. The zero-order chi connectivity index (χ0) is 16.2. The molecule has 122 valence electrons. The maximum absolute atomic E-state index is 12.6. The monoisotopic (exact) mass is 314 g/mol. The Morgan fingerprint density at radius 2 is 2.09 bits per heavy atom. The standard InChI is InChI=1S/C19H22O4/c1-18-8-6-13-17(21)23-14(12-7-9-22-11-12)10-19(13,2)15(18)4-3-5-16(18)20/h3,5,7,9,11,13-15H,4,6,8,10H2,1-2H3/t13-,14-,15+,18+,19+/m0/s1. The van der Waals surface area contributed by atoms with E-state index < -0.39 is 0 Å². The number of cyclic esters (lactones) is 1. The van der Waals surface area contributed by atoms with Crippen molar-refractivity contribution in [1.29, 1.82) is 0 Å². The highest BCUT2D eigenvalue weighted by Crippen LogP contribution is 2.62. The first kappa shape index (κ1) is 14.7. The second-order valence-electron chi connectivity index (χ2n) is 7.76. The third-order valence-electron chi connectivity index (χ3n) is 6.60. The highest BCUT2D eigenvalue weighted by Gasteiger charge is 2.61. The second-order valence-corrected chi connectivity index (χ2v) is 7.76. The molecule has 1 saturated carbocycles. The Labute approximate surface area is 135 Å². The molecule has 1 aromatic heterocycles. The summed E-state index contributed by atoms with van der Waals surface area (Å²) in [4.78, 5) is 25.2. The van der Waals surface area contributed by atoms with Crippen LogP contribution in [0.4, 0.5) is 0 Å². The molecule has 1 saturated heterocycles. The molecule has 0 radical (unpaired) electrons. The molecule has 4 rings (SSSR count). The van der Waals surface area contributed by atoms with Gasteiger partial charge in [0, 0.05) is 11.0 Å². The molecule has 0 unspecified atom stereocenters. The van der Waals surface area contributed by atoms with Gasteiger partial charge in [-0.2, -0.15) is 0 Å². The van der Waals surface area contributed by atoms with Gasteiger partial charge in [-0.25, -0.2) is 0 Å². The van der Waals surface area contributed by atoms with Crippen molar-refractivity contribution in [3.63, 3.8) is 0 Å². The predicted molar refractivity (Wildman–Crippen MR) is 83.4 cm³/mol. The first-order chi connectivity index (χ1) is 10.9. The van der Waals surface area contributed by atoms with Crippen LogP contribution in [-0.4, -0.2) is 11.8 Å². The number of allylic oxidation sites excluding steroid dienone is 2. The van der Waals surface area contributed by atoms with Gasteiger partial charge in [0.15, 0.2) is 5.78 Å². The molecule has 2 heterocycles. The minimum Gasteiger partial charge on any atom is -0.472 e. The molecule has 5 atom stereocenters. The van der Waals surface area contributed by atoms with Crippen molar-refractivity contribution in [2.75, 3.05) is 0 Å². The van der Waals surface area contributed by atoms with Crippen molar-refractivity contribution in [3.8, 4) is 0 Å². The third kappa shape index (κ3) is 1.97. The molecule has 3 aliphatic rings. The Kier molecular flexibility index (Phi) is 3.09. The van der Waals surface area contributed by atoms with Gasteiger partial charge in [0.1, 0.15) is 6.10 Å². The molecule has 4 nitrogen and oxygen atoms in total. The molecular weight excluding hydrogens is 292 g/mol. The van der Waals surface area contributed by atoms with Crippen LogP contribution in [0.2, 0.25) is 0 Å².